The number of carbonyl (C=O) groups is 5. The molecule has 1 heterocycles. The van der Waals surface area contributed by atoms with Crippen LogP contribution >= 0.6 is 0 Å². The van der Waals surface area contributed by atoms with Gasteiger partial charge in [0.15, 0.2) is 0 Å². The Hall–Kier alpha value is -4.01. The first-order valence-corrected chi connectivity index (χ1v) is 10.4. The number of hydrogen-bond acceptors (Lipinski definition) is 8. The number of rotatable bonds is 13. The van der Waals surface area contributed by atoms with E-state index in [1.54, 1.807) is 30.5 Å². The average Bonchev–Trinajstić information content (AvgIpc) is 3.22. The van der Waals surface area contributed by atoms with E-state index in [9.17, 15) is 34.2 Å². The maximum absolute atomic E-state index is 12.8. The Labute approximate surface area is 198 Å². The highest BCUT2D eigenvalue weighted by atomic mass is 16.4. The second-order valence-corrected chi connectivity index (χ2v) is 7.65. The Kier molecular flexibility index (Phi) is 9.69. The van der Waals surface area contributed by atoms with Gasteiger partial charge in [-0.15, -0.1) is 0 Å². The molecule has 0 aliphatic heterocycles. The topological polar surface area (TPSA) is 244 Å². The molecule has 0 saturated heterocycles. The highest BCUT2D eigenvalue weighted by molar-refractivity contribution is 5.95. The Balaban J connectivity index is 2.23. The highest BCUT2D eigenvalue weighted by Crippen LogP contribution is 2.19. The molecule has 35 heavy (non-hydrogen) atoms. The van der Waals surface area contributed by atoms with E-state index in [1.807, 2.05) is 0 Å². The molecule has 0 radical (unpaired) electrons. The lowest BCUT2D eigenvalue weighted by Crippen LogP contribution is -2.59. The van der Waals surface area contributed by atoms with Gasteiger partial charge in [-0.3, -0.25) is 19.2 Å². The molecule has 14 heteroatoms. The van der Waals surface area contributed by atoms with Gasteiger partial charge in [-0.2, -0.15) is 0 Å². The molecule has 2 aromatic rings. The van der Waals surface area contributed by atoms with Gasteiger partial charge >= 0.3 is 11.9 Å². The maximum Gasteiger partial charge on any atom is 0.328 e. The van der Waals surface area contributed by atoms with Crippen LogP contribution in [0, 0.1) is 0 Å². The maximum atomic E-state index is 12.8. The summed E-state index contributed by atoms with van der Waals surface area (Å²) in [6.45, 7) is -1.79. The molecule has 14 nitrogen and oxygen atoms in total. The number of carbonyl (C=O) groups excluding carboxylic acids is 3. The van der Waals surface area contributed by atoms with E-state index >= 15 is 0 Å². The Morgan fingerprint density at radius 2 is 1.43 bits per heavy atom. The lowest BCUT2D eigenvalue weighted by Gasteiger charge is -2.24. The highest BCUT2D eigenvalue weighted by Gasteiger charge is 2.31. The number of H-pyrrole nitrogens is 1. The van der Waals surface area contributed by atoms with Crippen LogP contribution in [-0.2, 0) is 30.4 Å². The molecule has 4 atom stereocenters. The molecule has 1 aromatic heterocycles. The third-order valence-corrected chi connectivity index (χ3v) is 5.08. The van der Waals surface area contributed by atoms with Crippen LogP contribution in [-0.4, -0.2) is 92.5 Å². The zero-order chi connectivity index (χ0) is 26.1. The molecule has 0 aliphatic carbocycles. The number of amides is 3. The monoisotopic (exact) mass is 493 g/mol. The van der Waals surface area contributed by atoms with Crippen LogP contribution in [0.3, 0.4) is 0 Å². The van der Waals surface area contributed by atoms with Crippen molar-refractivity contribution < 1.29 is 44.4 Å². The Morgan fingerprint density at radius 3 is 2.03 bits per heavy atom. The van der Waals surface area contributed by atoms with E-state index in [0.717, 1.165) is 10.9 Å². The minimum atomic E-state index is -1.63. The zero-order valence-electron chi connectivity index (χ0n) is 18.4. The third-order valence-electron chi connectivity index (χ3n) is 5.08. The minimum Gasteiger partial charge on any atom is -0.481 e. The van der Waals surface area contributed by atoms with Gasteiger partial charge in [-0.1, -0.05) is 18.2 Å². The summed E-state index contributed by atoms with van der Waals surface area (Å²) in [4.78, 5) is 62.6. The number of aliphatic hydroxyl groups is 2. The average molecular weight is 493 g/mol. The molecule has 0 aliphatic rings. The third kappa shape index (κ3) is 7.49. The van der Waals surface area contributed by atoms with Crippen LogP contribution in [0.1, 0.15) is 12.0 Å². The van der Waals surface area contributed by atoms with Gasteiger partial charge in [-0.25, -0.2) is 4.79 Å². The summed E-state index contributed by atoms with van der Waals surface area (Å²) in [5.74, 6) is -5.78. The number of carboxylic acid groups (broad SMARTS) is 2. The van der Waals surface area contributed by atoms with E-state index in [1.165, 1.54) is 0 Å². The van der Waals surface area contributed by atoms with Crippen LogP contribution in [0.2, 0.25) is 0 Å². The number of para-hydroxylation sites is 1. The summed E-state index contributed by atoms with van der Waals surface area (Å²) in [5, 5.41) is 44.0. The second kappa shape index (κ2) is 12.5. The number of nitrogens with one attached hydrogen (secondary N) is 4. The molecule has 0 fully saturated rings. The number of aliphatic carboxylic acids is 2. The summed E-state index contributed by atoms with van der Waals surface area (Å²) in [6, 6.07) is 1.05. The fourth-order valence-corrected chi connectivity index (χ4v) is 3.21. The van der Waals surface area contributed by atoms with Crippen molar-refractivity contribution in [2.24, 2.45) is 5.73 Å². The number of aliphatic hydroxyl groups excluding tert-OH is 2. The standard InChI is InChI=1S/C21H27N5O9/c22-12(6-17(29)30)18(31)25-15(8-27)20(33)24-14(19(32)26-16(9-28)21(34)35)5-10-7-23-13-4-2-1-3-11(10)13/h1-4,7,12,14-16,23,27-28H,5-6,8-9,22H2,(H,24,33)(H,25,31)(H,26,32)(H,29,30)(H,34,35). The van der Waals surface area contributed by atoms with Gasteiger partial charge in [0.05, 0.1) is 25.7 Å². The summed E-state index contributed by atoms with van der Waals surface area (Å²) < 4.78 is 0. The number of fused-ring (bicyclic) bond motifs is 1. The van der Waals surface area contributed by atoms with Gasteiger partial charge in [0.2, 0.25) is 17.7 Å². The summed E-state index contributed by atoms with van der Waals surface area (Å²) >= 11 is 0. The van der Waals surface area contributed by atoms with Crippen LogP contribution in [0.4, 0.5) is 0 Å². The molecule has 0 spiro atoms. The molecule has 0 bridgehead atoms. The number of aromatic nitrogens is 1. The van der Waals surface area contributed by atoms with Crippen molar-refractivity contribution in [3.8, 4) is 0 Å². The molecule has 2 rings (SSSR count). The van der Waals surface area contributed by atoms with E-state index in [-0.39, 0.29) is 6.42 Å². The summed E-state index contributed by atoms with van der Waals surface area (Å²) in [7, 11) is 0. The quantitative estimate of drug-likeness (QED) is 0.137. The smallest absolute Gasteiger partial charge is 0.328 e. The van der Waals surface area contributed by atoms with Crippen molar-refractivity contribution in [3.63, 3.8) is 0 Å². The lowest BCUT2D eigenvalue weighted by atomic mass is 10.0. The van der Waals surface area contributed by atoms with Crippen molar-refractivity contribution in [1.82, 2.24) is 20.9 Å². The number of hydrogen-bond donors (Lipinski definition) is 9. The molecule has 4 unspecified atom stereocenters. The molecule has 1 aromatic carbocycles. The molecular formula is C21H27N5O9. The van der Waals surface area contributed by atoms with Crippen LogP contribution in [0.25, 0.3) is 10.9 Å². The van der Waals surface area contributed by atoms with E-state index in [4.69, 9.17) is 15.9 Å². The van der Waals surface area contributed by atoms with E-state index in [0.29, 0.717) is 5.56 Å². The van der Waals surface area contributed by atoms with Crippen molar-refractivity contribution in [2.45, 2.75) is 37.0 Å². The first-order chi connectivity index (χ1) is 16.6. The molecule has 10 N–H and O–H groups in total. The SMILES string of the molecule is NC(CC(=O)O)C(=O)NC(CO)C(=O)NC(Cc1c[nH]c2ccccc12)C(=O)NC(CO)C(=O)O. The first-order valence-electron chi connectivity index (χ1n) is 10.4. The van der Waals surface area contributed by atoms with Crippen molar-refractivity contribution in [1.29, 1.82) is 0 Å². The van der Waals surface area contributed by atoms with Gasteiger partial charge in [-0.05, 0) is 11.6 Å². The summed E-state index contributed by atoms with van der Waals surface area (Å²) in [5.41, 5.74) is 6.81. The normalized spacial score (nSPS) is 14.4. The largest absolute Gasteiger partial charge is 0.481 e. The minimum absolute atomic E-state index is 0.107. The predicted molar refractivity (Wildman–Crippen MR) is 120 cm³/mol. The van der Waals surface area contributed by atoms with Crippen LogP contribution in [0.15, 0.2) is 30.5 Å². The number of nitrogens with two attached hydrogens (primary N) is 1. The molecule has 0 saturated carbocycles. The fraction of sp³-hybridized carbons (Fsp3) is 0.381. The number of aromatic amines is 1. The van der Waals surface area contributed by atoms with Crippen molar-refractivity contribution >= 4 is 40.6 Å². The second-order valence-electron chi connectivity index (χ2n) is 7.65. The van der Waals surface area contributed by atoms with E-state index < -0.39 is 73.5 Å². The zero-order valence-corrected chi connectivity index (χ0v) is 18.4. The lowest BCUT2D eigenvalue weighted by molar-refractivity contribution is -0.143. The van der Waals surface area contributed by atoms with Crippen LogP contribution in [0.5, 0.6) is 0 Å². The number of benzene rings is 1. The Bertz CT molecular complexity index is 1090. The fourth-order valence-electron chi connectivity index (χ4n) is 3.21. The van der Waals surface area contributed by atoms with Crippen molar-refractivity contribution in [3.05, 3.63) is 36.0 Å². The summed E-state index contributed by atoms with van der Waals surface area (Å²) in [6.07, 6.45) is 0.785. The van der Waals surface area contributed by atoms with E-state index in [2.05, 4.69) is 20.9 Å². The van der Waals surface area contributed by atoms with Gasteiger partial charge in [0, 0.05) is 23.5 Å². The van der Waals surface area contributed by atoms with Gasteiger partial charge < -0.3 is 47.1 Å². The van der Waals surface area contributed by atoms with Crippen molar-refractivity contribution in [2.75, 3.05) is 13.2 Å². The predicted octanol–water partition coefficient (Wildman–Crippen LogP) is -2.96. The van der Waals surface area contributed by atoms with Gasteiger partial charge in [0.1, 0.15) is 18.1 Å². The van der Waals surface area contributed by atoms with Gasteiger partial charge in [0.25, 0.3) is 0 Å². The molecule has 190 valence electrons. The first kappa shape index (κ1) is 27.2. The van der Waals surface area contributed by atoms with Crippen LogP contribution < -0.4 is 21.7 Å². The molecule has 3 amide bonds. The Morgan fingerprint density at radius 1 is 0.857 bits per heavy atom. The number of carboxylic acids is 2. The molecular weight excluding hydrogens is 466 g/mol.